The van der Waals surface area contributed by atoms with Crippen LogP contribution < -0.4 is 14.9 Å². The van der Waals surface area contributed by atoms with Gasteiger partial charge in [-0.2, -0.15) is 5.10 Å². The summed E-state index contributed by atoms with van der Waals surface area (Å²) in [5.41, 5.74) is 3.84. The highest BCUT2D eigenvalue weighted by molar-refractivity contribution is 5.91. The van der Waals surface area contributed by atoms with Gasteiger partial charge in [-0.3, -0.25) is 4.79 Å². The Labute approximate surface area is 173 Å². The third-order valence-corrected chi connectivity index (χ3v) is 4.04. The fourth-order valence-corrected chi connectivity index (χ4v) is 2.48. The number of hydrogen-bond donors (Lipinski definition) is 1. The van der Waals surface area contributed by atoms with Gasteiger partial charge in [0.1, 0.15) is 17.3 Å². The first-order valence-corrected chi connectivity index (χ1v) is 9.10. The first kappa shape index (κ1) is 20.7. The Balaban J connectivity index is 1.48. The quantitative estimate of drug-likeness (QED) is 0.280. The first-order valence-electron chi connectivity index (χ1n) is 9.10. The fourth-order valence-electron chi connectivity index (χ4n) is 2.48. The number of aryl methyl sites for hydroxylation is 1. The number of nitrogens with zero attached hydrogens (tertiary/aromatic N) is 1. The van der Waals surface area contributed by atoms with Gasteiger partial charge in [0.05, 0.1) is 11.8 Å². The third kappa shape index (κ3) is 5.75. The van der Waals surface area contributed by atoms with Crippen LogP contribution in [0.15, 0.2) is 77.9 Å². The van der Waals surface area contributed by atoms with Crippen LogP contribution in [0.25, 0.3) is 0 Å². The number of amides is 1. The Bertz CT molecular complexity index is 1060. The van der Waals surface area contributed by atoms with Crippen LogP contribution in [0.5, 0.6) is 11.5 Å². The monoisotopic (exact) mass is 406 g/mol. The molecule has 0 heterocycles. The number of carbonyl (C=O) groups is 2. The van der Waals surface area contributed by atoms with Crippen molar-refractivity contribution < 1.29 is 23.5 Å². The minimum absolute atomic E-state index is 0.140. The number of rotatable bonds is 7. The van der Waals surface area contributed by atoms with Crippen LogP contribution >= 0.6 is 0 Å². The maximum absolute atomic E-state index is 13.6. The zero-order valence-corrected chi connectivity index (χ0v) is 16.2. The minimum atomic E-state index is -0.782. The minimum Gasteiger partial charge on any atom is -0.483 e. The van der Waals surface area contributed by atoms with E-state index in [4.69, 9.17) is 9.47 Å². The van der Waals surface area contributed by atoms with Crippen LogP contribution in [-0.4, -0.2) is 24.7 Å². The van der Waals surface area contributed by atoms with E-state index in [-0.39, 0.29) is 17.9 Å². The normalized spacial score (nSPS) is 10.6. The molecule has 0 aliphatic heterocycles. The van der Waals surface area contributed by atoms with E-state index < -0.39 is 17.7 Å². The molecule has 7 heteroatoms. The predicted molar refractivity (Wildman–Crippen MR) is 110 cm³/mol. The highest BCUT2D eigenvalue weighted by Gasteiger charge is 2.13. The molecular weight excluding hydrogens is 387 g/mol. The lowest BCUT2D eigenvalue weighted by Gasteiger charge is -2.07. The molecule has 3 aromatic carbocycles. The summed E-state index contributed by atoms with van der Waals surface area (Å²) in [6, 6.07) is 19.4. The molecule has 30 heavy (non-hydrogen) atoms. The average molecular weight is 406 g/mol. The molecule has 0 aliphatic carbocycles. The molecule has 0 unspecified atom stereocenters. The van der Waals surface area contributed by atoms with Gasteiger partial charge in [0.15, 0.2) is 6.61 Å². The van der Waals surface area contributed by atoms with Gasteiger partial charge >= 0.3 is 5.97 Å². The highest BCUT2D eigenvalue weighted by Crippen LogP contribution is 2.16. The van der Waals surface area contributed by atoms with Gasteiger partial charge in [-0.15, -0.1) is 0 Å². The molecule has 0 spiro atoms. The van der Waals surface area contributed by atoms with Crippen LogP contribution in [0, 0.1) is 12.7 Å². The zero-order chi connectivity index (χ0) is 21.3. The van der Waals surface area contributed by atoms with Crippen molar-refractivity contribution in [3.05, 3.63) is 95.3 Å². The lowest BCUT2D eigenvalue weighted by molar-refractivity contribution is -0.123. The molecule has 1 amide bonds. The number of para-hydroxylation sites is 1. The topological polar surface area (TPSA) is 77.0 Å². The highest BCUT2D eigenvalue weighted by atomic mass is 19.1. The summed E-state index contributed by atoms with van der Waals surface area (Å²) in [5, 5.41) is 3.86. The number of carbonyl (C=O) groups excluding carboxylic acids is 2. The summed E-state index contributed by atoms with van der Waals surface area (Å²) in [6.45, 7) is 1.73. The lowest BCUT2D eigenvalue weighted by atomic mass is 10.2. The largest absolute Gasteiger partial charge is 0.483 e. The second-order valence-electron chi connectivity index (χ2n) is 6.29. The van der Waals surface area contributed by atoms with Gasteiger partial charge in [0.25, 0.3) is 5.91 Å². The second kappa shape index (κ2) is 9.97. The van der Waals surface area contributed by atoms with Crippen molar-refractivity contribution in [3.63, 3.8) is 0 Å². The number of halogens is 1. The van der Waals surface area contributed by atoms with Gasteiger partial charge in [-0.05, 0) is 60.5 Å². The molecule has 152 valence electrons. The van der Waals surface area contributed by atoms with Gasteiger partial charge in [0.2, 0.25) is 0 Å². The Morgan fingerprint density at radius 3 is 2.43 bits per heavy atom. The van der Waals surface area contributed by atoms with Gasteiger partial charge < -0.3 is 9.47 Å². The number of benzene rings is 3. The maximum atomic E-state index is 13.6. The summed E-state index contributed by atoms with van der Waals surface area (Å²) < 4.78 is 24.2. The molecule has 0 aromatic heterocycles. The lowest BCUT2D eigenvalue weighted by Crippen LogP contribution is -2.24. The number of hydrazone groups is 1. The van der Waals surface area contributed by atoms with E-state index >= 15 is 0 Å². The smallest absolute Gasteiger partial charge is 0.346 e. The molecule has 0 radical (unpaired) electrons. The molecular formula is C23H19FN2O4. The predicted octanol–water partition coefficient (Wildman–Crippen LogP) is 3.88. The Kier molecular flexibility index (Phi) is 6.89. The van der Waals surface area contributed by atoms with Crippen molar-refractivity contribution in [2.24, 2.45) is 5.10 Å². The van der Waals surface area contributed by atoms with Gasteiger partial charge in [-0.1, -0.05) is 30.3 Å². The molecule has 0 bridgehead atoms. The summed E-state index contributed by atoms with van der Waals surface area (Å²) in [7, 11) is 0. The SMILES string of the molecule is Cc1ccccc1OCC(=O)NN=Cc1ccc(OC(=O)c2ccccc2F)cc1. The molecule has 0 fully saturated rings. The van der Waals surface area contributed by atoms with E-state index in [1.165, 1.54) is 24.4 Å². The number of ether oxygens (including phenoxy) is 2. The summed E-state index contributed by atoms with van der Waals surface area (Å²) in [5.74, 6) is -0.929. The van der Waals surface area contributed by atoms with E-state index in [2.05, 4.69) is 10.5 Å². The third-order valence-electron chi connectivity index (χ3n) is 4.04. The van der Waals surface area contributed by atoms with Crippen molar-refractivity contribution in [1.82, 2.24) is 5.43 Å². The molecule has 0 atom stereocenters. The second-order valence-corrected chi connectivity index (χ2v) is 6.29. The van der Waals surface area contributed by atoms with Crippen molar-refractivity contribution >= 4 is 18.1 Å². The van der Waals surface area contributed by atoms with E-state index in [0.29, 0.717) is 11.3 Å². The standard InChI is InChI=1S/C23H19FN2O4/c1-16-6-2-5-9-21(16)29-15-22(27)26-25-14-17-10-12-18(13-11-17)30-23(28)19-7-3-4-8-20(19)24/h2-14H,15H2,1H3,(H,26,27). The summed E-state index contributed by atoms with van der Waals surface area (Å²) in [6.07, 6.45) is 1.44. The Hall–Kier alpha value is -4.00. The molecule has 3 rings (SSSR count). The first-order chi connectivity index (χ1) is 14.5. The van der Waals surface area contributed by atoms with Crippen LogP contribution in [-0.2, 0) is 4.79 Å². The van der Waals surface area contributed by atoms with Crippen LogP contribution in [0.2, 0.25) is 0 Å². The molecule has 0 aliphatic rings. The van der Waals surface area contributed by atoms with E-state index in [1.54, 1.807) is 36.4 Å². The molecule has 3 aromatic rings. The van der Waals surface area contributed by atoms with E-state index in [0.717, 1.165) is 5.56 Å². The maximum Gasteiger partial charge on any atom is 0.346 e. The number of esters is 1. The average Bonchev–Trinajstić information content (AvgIpc) is 2.74. The number of nitrogens with one attached hydrogen (secondary N) is 1. The Morgan fingerprint density at radius 1 is 1.00 bits per heavy atom. The van der Waals surface area contributed by atoms with Crippen molar-refractivity contribution in [3.8, 4) is 11.5 Å². The molecule has 1 N–H and O–H groups in total. The Morgan fingerprint density at radius 2 is 1.70 bits per heavy atom. The van der Waals surface area contributed by atoms with Crippen molar-refractivity contribution in [2.45, 2.75) is 6.92 Å². The summed E-state index contributed by atoms with van der Waals surface area (Å²) >= 11 is 0. The zero-order valence-electron chi connectivity index (χ0n) is 16.2. The van der Waals surface area contributed by atoms with E-state index in [1.807, 2.05) is 25.1 Å². The fraction of sp³-hybridized carbons (Fsp3) is 0.0870. The van der Waals surface area contributed by atoms with Crippen LogP contribution in [0.3, 0.4) is 0 Å². The van der Waals surface area contributed by atoms with E-state index in [9.17, 15) is 14.0 Å². The van der Waals surface area contributed by atoms with Crippen molar-refractivity contribution in [1.29, 1.82) is 0 Å². The summed E-state index contributed by atoms with van der Waals surface area (Å²) in [4.78, 5) is 23.8. The van der Waals surface area contributed by atoms with Crippen LogP contribution in [0.1, 0.15) is 21.5 Å². The number of hydrogen-bond acceptors (Lipinski definition) is 5. The van der Waals surface area contributed by atoms with Gasteiger partial charge in [0, 0.05) is 0 Å². The van der Waals surface area contributed by atoms with Crippen molar-refractivity contribution in [2.75, 3.05) is 6.61 Å². The molecule has 0 saturated carbocycles. The van der Waals surface area contributed by atoms with Gasteiger partial charge in [-0.25, -0.2) is 14.6 Å². The molecule has 6 nitrogen and oxygen atoms in total. The van der Waals surface area contributed by atoms with Crippen LogP contribution in [0.4, 0.5) is 4.39 Å². The molecule has 0 saturated heterocycles.